The van der Waals surface area contributed by atoms with E-state index in [0.29, 0.717) is 6.54 Å². The van der Waals surface area contributed by atoms with E-state index in [1.54, 1.807) is 0 Å². The summed E-state index contributed by atoms with van der Waals surface area (Å²) in [4.78, 5) is 12.2. The van der Waals surface area contributed by atoms with Gasteiger partial charge in [0.2, 0.25) is 0 Å². The molecule has 6 nitrogen and oxygen atoms in total. The summed E-state index contributed by atoms with van der Waals surface area (Å²) in [6, 6.07) is 21.5. The lowest BCUT2D eigenvalue weighted by atomic mass is 9.44. The Bertz CT molecular complexity index is 1090. The number of alkyl carbamates (subject to hydrolysis) is 1. The van der Waals surface area contributed by atoms with Crippen LogP contribution in [0.1, 0.15) is 73.6 Å². The molecule has 1 amide bonds. The Morgan fingerprint density at radius 3 is 1.90 bits per heavy atom. The molecule has 2 aromatic carbocycles. The van der Waals surface area contributed by atoms with Crippen molar-refractivity contribution in [3.05, 3.63) is 60.7 Å². The molecule has 2 aromatic rings. The first-order valence-corrected chi connectivity index (χ1v) is 16.4. The predicted molar refractivity (Wildman–Crippen MR) is 158 cm³/mol. The number of aliphatic hydroxyl groups is 1. The van der Waals surface area contributed by atoms with Crippen molar-refractivity contribution in [2.75, 3.05) is 6.54 Å². The topological polar surface area (TPSA) is 79.8 Å². The van der Waals surface area contributed by atoms with Crippen molar-refractivity contribution in [2.24, 2.45) is 5.92 Å². The normalized spacial score (nSPS) is 28.9. The molecule has 0 saturated heterocycles. The first kappa shape index (κ1) is 28.3. The maximum absolute atomic E-state index is 12.2. The number of nitrogens with one attached hydrogen (secondary N) is 2. The van der Waals surface area contributed by atoms with Gasteiger partial charge in [-0.05, 0) is 74.2 Å². The number of rotatable bonds is 9. The number of ether oxygens (including phenoxy) is 1. The van der Waals surface area contributed by atoms with Crippen LogP contribution in [0.25, 0.3) is 0 Å². The Labute approximate surface area is 235 Å². The zero-order chi connectivity index (χ0) is 28.1. The van der Waals surface area contributed by atoms with Gasteiger partial charge in [-0.25, -0.2) is 4.79 Å². The van der Waals surface area contributed by atoms with Gasteiger partial charge in [0.15, 0.2) is 0 Å². The van der Waals surface area contributed by atoms with E-state index in [9.17, 15) is 9.90 Å². The van der Waals surface area contributed by atoms with Crippen molar-refractivity contribution in [1.82, 2.24) is 10.6 Å². The molecule has 0 spiro atoms. The van der Waals surface area contributed by atoms with Crippen LogP contribution in [-0.2, 0) is 9.16 Å². The van der Waals surface area contributed by atoms with Crippen LogP contribution in [-0.4, -0.2) is 54.9 Å². The van der Waals surface area contributed by atoms with Crippen molar-refractivity contribution in [3.63, 3.8) is 0 Å². The number of carbonyl (C=O) groups is 1. The molecule has 1 atom stereocenters. The van der Waals surface area contributed by atoms with Crippen LogP contribution in [0.3, 0.4) is 0 Å². The lowest BCUT2D eigenvalue weighted by Gasteiger charge is -2.70. The molecule has 0 aromatic heterocycles. The van der Waals surface area contributed by atoms with Gasteiger partial charge in [0.1, 0.15) is 5.60 Å². The number of benzene rings is 2. The number of amides is 1. The molecule has 7 heteroatoms. The van der Waals surface area contributed by atoms with Gasteiger partial charge in [-0.15, -0.1) is 0 Å². The maximum Gasteiger partial charge on any atom is 0.408 e. The van der Waals surface area contributed by atoms with Gasteiger partial charge in [0.25, 0.3) is 8.32 Å². The Hall–Kier alpha value is -2.19. The van der Waals surface area contributed by atoms with Crippen molar-refractivity contribution in [3.8, 4) is 0 Å². The Balaban J connectivity index is 1.15. The minimum Gasteiger partial charge on any atom is -0.444 e. The third-order valence-corrected chi connectivity index (χ3v) is 14.0. The lowest BCUT2D eigenvalue weighted by molar-refractivity contribution is -0.112. The van der Waals surface area contributed by atoms with E-state index in [0.717, 1.165) is 32.1 Å². The Morgan fingerprint density at radius 2 is 1.44 bits per heavy atom. The van der Waals surface area contributed by atoms with Gasteiger partial charge >= 0.3 is 6.09 Å². The van der Waals surface area contributed by atoms with Gasteiger partial charge in [-0.1, -0.05) is 81.4 Å². The van der Waals surface area contributed by atoms with Crippen molar-refractivity contribution >= 4 is 24.8 Å². The number of carbonyl (C=O) groups excluding carboxylic acids is 1. The van der Waals surface area contributed by atoms with Crippen LogP contribution in [0.2, 0.25) is 5.04 Å². The van der Waals surface area contributed by atoms with Crippen LogP contribution < -0.4 is 21.0 Å². The number of aliphatic hydroxyl groups excluding tert-OH is 1. The lowest BCUT2D eigenvalue weighted by Crippen LogP contribution is -2.83. The molecule has 4 aliphatic rings. The number of hydrogen-bond acceptors (Lipinski definition) is 5. The predicted octanol–water partition coefficient (Wildman–Crippen LogP) is 4.49. The molecule has 2 bridgehead atoms. The second-order valence-corrected chi connectivity index (χ2v) is 18.6. The average Bonchev–Trinajstić information content (AvgIpc) is 2.78. The molecule has 212 valence electrons. The summed E-state index contributed by atoms with van der Waals surface area (Å²) >= 11 is 0. The summed E-state index contributed by atoms with van der Waals surface area (Å²) in [5.74, 6) is 0.238. The summed E-state index contributed by atoms with van der Waals surface area (Å²) in [7, 11) is -2.56. The van der Waals surface area contributed by atoms with Crippen LogP contribution in [0.15, 0.2) is 60.7 Å². The molecule has 4 aliphatic carbocycles. The fraction of sp³-hybridized carbons (Fsp3) is 0.594. The fourth-order valence-corrected chi connectivity index (χ4v) is 11.8. The summed E-state index contributed by atoms with van der Waals surface area (Å²) in [5.41, 5.74) is -0.578. The molecule has 1 unspecified atom stereocenters. The minimum atomic E-state index is -2.56. The highest BCUT2D eigenvalue weighted by Gasteiger charge is 2.68. The van der Waals surface area contributed by atoms with E-state index < -0.39 is 20.0 Å². The van der Waals surface area contributed by atoms with E-state index >= 15 is 0 Å². The average molecular weight is 551 g/mol. The molecule has 4 saturated carbocycles. The van der Waals surface area contributed by atoms with Gasteiger partial charge in [-0.3, -0.25) is 0 Å². The maximum atomic E-state index is 12.2. The monoisotopic (exact) mass is 550 g/mol. The third kappa shape index (κ3) is 5.56. The minimum absolute atomic E-state index is 0.0462. The molecule has 39 heavy (non-hydrogen) atoms. The molecule has 6 rings (SSSR count). The quantitative estimate of drug-likeness (QED) is 0.401. The first-order valence-electron chi connectivity index (χ1n) is 14.5. The smallest absolute Gasteiger partial charge is 0.408 e. The molecule has 4 fully saturated rings. The largest absolute Gasteiger partial charge is 0.444 e. The van der Waals surface area contributed by atoms with Crippen molar-refractivity contribution in [1.29, 1.82) is 0 Å². The highest BCUT2D eigenvalue weighted by molar-refractivity contribution is 6.99. The van der Waals surface area contributed by atoms with E-state index in [1.807, 2.05) is 20.8 Å². The standard InChI is InChI=1S/C32H46N2O4Si/c1-29(2,3)37-28(36)34-32-20-31(21-32,22-32)33-19-27(35)23-17-24(18-23)38-39(30(4,5)6,25-13-9-7-10-14-25)26-15-11-8-12-16-26/h7-16,23-24,27,33,35H,17-22H2,1-6H3,(H,34,36)/t23-,24+,27?,31?,32?. The van der Waals surface area contributed by atoms with Crippen LogP contribution >= 0.6 is 0 Å². The summed E-state index contributed by atoms with van der Waals surface area (Å²) in [6.07, 6.45) is 3.87. The van der Waals surface area contributed by atoms with Gasteiger partial charge in [0.05, 0.1) is 6.10 Å². The molecule has 0 radical (unpaired) electrons. The molecule has 0 aliphatic heterocycles. The third-order valence-electron chi connectivity index (χ3n) is 8.92. The van der Waals surface area contributed by atoms with E-state index in [4.69, 9.17) is 9.16 Å². The highest BCUT2D eigenvalue weighted by Crippen LogP contribution is 2.60. The number of hydrogen-bond donors (Lipinski definition) is 3. The van der Waals surface area contributed by atoms with Gasteiger partial charge < -0.3 is 24.9 Å². The first-order chi connectivity index (χ1) is 18.2. The Morgan fingerprint density at radius 1 is 0.923 bits per heavy atom. The summed E-state index contributed by atoms with van der Waals surface area (Å²) in [5, 5.41) is 20.3. The summed E-state index contributed by atoms with van der Waals surface area (Å²) < 4.78 is 12.6. The van der Waals surface area contributed by atoms with Crippen LogP contribution in [0.4, 0.5) is 4.79 Å². The van der Waals surface area contributed by atoms with E-state index in [1.165, 1.54) is 10.4 Å². The van der Waals surface area contributed by atoms with Crippen LogP contribution in [0, 0.1) is 5.92 Å². The summed E-state index contributed by atoms with van der Waals surface area (Å²) in [6.45, 7) is 13.1. The number of β-amino-alcohol motifs (C(OH)–C–C–N with tert-alkyl or cyclic N) is 1. The molecule has 3 N–H and O–H groups in total. The molecular weight excluding hydrogens is 504 g/mol. The SMILES string of the molecule is CC(C)(C)OC(=O)NC12CC(NCC(O)[C@H]3C[C@@H](O[Si](c4ccccc4)(c4ccccc4)C(C)(C)C)C3)(C1)C2. The fourth-order valence-electron chi connectivity index (χ4n) is 7.07. The molecule has 0 heterocycles. The molecular formula is C32H46N2O4Si. The van der Waals surface area contributed by atoms with Gasteiger partial charge in [-0.2, -0.15) is 0 Å². The zero-order valence-electron chi connectivity index (χ0n) is 24.4. The van der Waals surface area contributed by atoms with E-state index in [-0.39, 0.29) is 34.2 Å². The zero-order valence-corrected chi connectivity index (χ0v) is 25.4. The Kier molecular flexibility index (Phi) is 7.28. The highest BCUT2D eigenvalue weighted by atomic mass is 28.4. The van der Waals surface area contributed by atoms with Gasteiger partial charge in [0, 0.05) is 23.7 Å². The van der Waals surface area contributed by atoms with Crippen molar-refractivity contribution < 1.29 is 19.1 Å². The van der Waals surface area contributed by atoms with E-state index in [2.05, 4.69) is 92.1 Å². The second-order valence-electron chi connectivity index (χ2n) is 14.3. The van der Waals surface area contributed by atoms with Crippen LogP contribution in [0.5, 0.6) is 0 Å². The second kappa shape index (κ2) is 10.0. The van der Waals surface area contributed by atoms with Crippen molar-refractivity contribution in [2.45, 2.75) is 108 Å².